The zero-order chi connectivity index (χ0) is 23.5. The lowest BCUT2D eigenvalue weighted by molar-refractivity contribution is -0.131. The van der Waals surface area contributed by atoms with E-state index in [-0.39, 0.29) is 11.5 Å². The lowest BCUT2D eigenvalue weighted by Gasteiger charge is -2.11. The third-order valence-electron chi connectivity index (χ3n) is 5.74. The molecule has 1 aliphatic carbocycles. The van der Waals surface area contributed by atoms with Crippen LogP contribution in [0.1, 0.15) is 45.1 Å². The fraction of sp³-hybridized carbons (Fsp3) is 0.185. The predicted molar refractivity (Wildman–Crippen MR) is 126 cm³/mol. The molecule has 0 spiro atoms. The minimum Gasteiger partial charge on any atom is -0.494 e. The number of carbonyl (C=O) groups is 2. The molecule has 0 N–H and O–H groups in total. The van der Waals surface area contributed by atoms with Crippen molar-refractivity contribution in [3.8, 4) is 5.75 Å². The molecular formula is C27H24N2O4. The zero-order valence-electron chi connectivity index (χ0n) is 19.0. The molecule has 6 nitrogen and oxygen atoms in total. The van der Waals surface area contributed by atoms with E-state index in [1.165, 1.54) is 31.2 Å². The highest BCUT2D eigenvalue weighted by molar-refractivity contribution is 6.19. The maximum absolute atomic E-state index is 13.0. The second-order valence-electron chi connectivity index (χ2n) is 7.87. The van der Waals surface area contributed by atoms with Crippen LogP contribution in [0.4, 0.5) is 5.69 Å². The molecule has 0 saturated heterocycles. The number of Topliss-reactive ketones (excluding diaryl/α,β-unsaturated/α-hetero) is 1. The van der Waals surface area contributed by atoms with Crippen molar-refractivity contribution >= 4 is 23.2 Å². The SMILES string of the molecule is COC1=C(N=Nc2ccc(Cc3ccccc3)c(C)c2C)C(=O)c2cc(OC(C)=O)ccc21. The summed E-state index contributed by atoms with van der Waals surface area (Å²) in [5.41, 5.74) is 6.39. The molecule has 0 radical (unpaired) electrons. The number of benzene rings is 3. The Morgan fingerprint density at radius 1 is 0.909 bits per heavy atom. The largest absolute Gasteiger partial charge is 0.494 e. The van der Waals surface area contributed by atoms with E-state index in [9.17, 15) is 9.59 Å². The lowest BCUT2D eigenvalue weighted by Crippen LogP contribution is -2.03. The summed E-state index contributed by atoms with van der Waals surface area (Å²) in [4.78, 5) is 24.3. The Bertz CT molecular complexity index is 1310. The summed E-state index contributed by atoms with van der Waals surface area (Å²) in [6, 6.07) is 19.1. The summed E-state index contributed by atoms with van der Waals surface area (Å²) in [6.45, 7) is 5.38. The minimum atomic E-state index is -0.457. The first-order valence-corrected chi connectivity index (χ1v) is 10.6. The van der Waals surface area contributed by atoms with Crippen LogP contribution in [0.2, 0.25) is 0 Å². The van der Waals surface area contributed by atoms with E-state index in [1.54, 1.807) is 12.1 Å². The van der Waals surface area contributed by atoms with Gasteiger partial charge in [0, 0.05) is 18.1 Å². The van der Waals surface area contributed by atoms with Crippen LogP contribution in [0.3, 0.4) is 0 Å². The van der Waals surface area contributed by atoms with Crippen LogP contribution in [0.5, 0.6) is 5.75 Å². The summed E-state index contributed by atoms with van der Waals surface area (Å²) in [7, 11) is 1.49. The van der Waals surface area contributed by atoms with Gasteiger partial charge in [0.1, 0.15) is 5.75 Å². The van der Waals surface area contributed by atoms with Gasteiger partial charge < -0.3 is 9.47 Å². The number of hydrogen-bond donors (Lipinski definition) is 0. The molecular weight excluding hydrogens is 416 g/mol. The van der Waals surface area contributed by atoms with Crippen molar-refractivity contribution < 1.29 is 19.1 Å². The van der Waals surface area contributed by atoms with Gasteiger partial charge in [0.2, 0.25) is 5.78 Å². The maximum atomic E-state index is 13.0. The van der Waals surface area contributed by atoms with E-state index in [4.69, 9.17) is 9.47 Å². The first-order chi connectivity index (χ1) is 15.9. The number of hydrogen-bond acceptors (Lipinski definition) is 6. The number of methoxy groups -OCH3 is 1. The minimum absolute atomic E-state index is 0.123. The number of allylic oxidation sites excluding steroid dienone is 1. The van der Waals surface area contributed by atoms with Gasteiger partial charge in [-0.1, -0.05) is 36.4 Å². The number of rotatable bonds is 6. The van der Waals surface area contributed by atoms with Gasteiger partial charge in [-0.2, -0.15) is 5.11 Å². The predicted octanol–water partition coefficient (Wildman–Crippen LogP) is 6.11. The third kappa shape index (κ3) is 4.46. The molecule has 0 aliphatic heterocycles. The van der Waals surface area contributed by atoms with Crippen LogP contribution in [0, 0.1) is 13.8 Å². The number of carbonyl (C=O) groups excluding carboxylic acids is 2. The number of fused-ring (bicyclic) bond motifs is 1. The number of azo groups is 1. The van der Waals surface area contributed by atoms with E-state index in [0.29, 0.717) is 28.3 Å². The Morgan fingerprint density at radius 2 is 1.67 bits per heavy atom. The molecule has 0 atom stereocenters. The first kappa shape index (κ1) is 22.1. The summed E-state index contributed by atoms with van der Waals surface area (Å²) >= 11 is 0. The highest BCUT2D eigenvalue weighted by atomic mass is 16.5. The monoisotopic (exact) mass is 440 g/mol. The molecule has 0 unspecified atom stereocenters. The van der Waals surface area contributed by atoms with Crippen LogP contribution < -0.4 is 4.74 Å². The number of ketones is 1. The summed E-state index contributed by atoms with van der Waals surface area (Å²) in [6.07, 6.45) is 0.836. The van der Waals surface area contributed by atoms with Crippen molar-refractivity contribution in [3.63, 3.8) is 0 Å². The molecule has 0 aromatic heterocycles. The molecule has 166 valence electrons. The van der Waals surface area contributed by atoms with Gasteiger partial charge >= 0.3 is 5.97 Å². The number of ether oxygens (including phenoxy) is 2. The molecule has 33 heavy (non-hydrogen) atoms. The van der Waals surface area contributed by atoms with Gasteiger partial charge in [-0.05, 0) is 66.8 Å². The zero-order valence-corrected chi connectivity index (χ0v) is 19.0. The highest BCUT2D eigenvalue weighted by Crippen LogP contribution is 2.37. The van der Waals surface area contributed by atoms with Crippen molar-refractivity contribution in [2.75, 3.05) is 7.11 Å². The van der Waals surface area contributed by atoms with E-state index < -0.39 is 5.97 Å². The third-order valence-corrected chi connectivity index (χ3v) is 5.74. The van der Waals surface area contributed by atoms with E-state index in [0.717, 1.165) is 17.5 Å². The molecule has 0 fully saturated rings. The van der Waals surface area contributed by atoms with Crippen molar-refractivity contribution in [2.45, 2.75) is 27.2 Å². The molecule has 0 saturated carbocycles. The second-order valence-corrected chi connectivity index (χ2v) is 7.87. The van der Waals surface area contributed by atoms with Gasteiger partial charge in [-0.3, -0.25) is 9.59 Å². The maximum Gasteiger partial charge on any atom is 0.308 e. The van der Waals surface area contributed by atoms with E-state index in [1.807, 2.05) is 37.3 Å². The van der Waals surface area contributed by atoms with Crippen molar-refractivity contribution in [2.24, 2.45) is 10.2 Å². The van der Waals surface area contributed by atoms with Gasteiger partial charge in [-0.25, -0.2) is 0 Å². The van der Waals surface area contributed by atoms with Gasteiger partial charge in [0.25, 0.3) is 0 Å². The summed E-state index contributed by atoms with van der Waals surface area (Å²) < 4.78 is 10.6. The van der Waals surface area contributed by atoms with Crippen LogP contribution in [-0.4, -0.2) is 18.9 Å². The van der Waals surface area contributed by atoms with Crippen molar-refractivity contribution in [1.82, 2.24) is 0 Å². The molecule has 3 aromatic carbocycles. The topological polar surface area (TPSA) is 77.3 Å². The fourth-order valence-electron chi connectivity index (χ4n) is 3.88. The molecule has 3 aromatic rings. The smallest absolute Gasteiger partial charge is 0.308 e. The Balaban J connectivity index is 1.62. The molecule has 6 heteroatoms. The molecule has 1 aliphatic rings. The van der Waals surface area contributed by atoms with Gasteiger partial charge in [0.05, 0.1) is 12.8 Å². The average molecular weight is 440 g/mol. The Kier molecular flexibility index (Phi) is 6.18. The highest BCUT2D eigenvalue weighted by Gasteiger charge is 2.32. The van der Waals surface area contributed by atoms with Crippen molar-refractivity contribution in [3.05, 3.63) is 99.7 Å². The lowest BCUT2D eigenvalue weighted by atomic mass is 9.96. The van der Waals surface area contributed by atoms with Crippen molar-refractivity contribution in [1.29, 1.82) is 0 Å². The second kappa shape index (κ2) is 9.20. The van der Waals surface area contributed by atoms with E-state index in [2.05, 4.69) is 29.3 Å². The summed E-state index contributed by atoms with van der Waals surface area (Å²) in [5, 5.41) is 8.65. The standard InChI is InChI=1S/C27H24N2O4/c1-16-17(2)24(13-10-20(16)14-19-8-6-5-7-9-19)28-29-25-26(31)23-15-21(33-18(3)30)11-12-22(23)27(25)32-4/h5-13,15H,14H2,1-4H3. The Morgan fingerprint density at radius 3 is 2.36 bits per heavy atom. The first-order valence-electron chi connectivity index (χ1n) is 10.6. The summed E-state index contributed by atoms with van der Waals surface area (Å²) in [5.74, 6) is -0.136. The van der Waals surface area contributed by atoms with Crippen LogP contribution in [-0.2, 0) is 16.0 Å². The number of nitrogens with zero attached hydrogens (tertiary/aromatic N) is 2. The Labute approximate surface area is 192 Å². The fourth-order valence-corrected chi connectivity index (χ4v) is 3.88. The van der Waals surface area contributed by atoms with Gasteiger partial charge in [0.15, 0.2) is 11.5 Å². The Hall–Kier alpha value is -4.06. The van der Waals surface area contributed by atoms with Gasteiger partial charge in [-0.15, -0.1) is 5.11 Å². The average Bonchev–Trinajstić information content (AvgIpc) is 3.07. The molecule has 0 amide bonds. The van der Waals surface area contributed by atoms with Crippen LogP contribution >= 0.6 is 0 Å². The van der Waals surface area contributed by atoms with Crippen LogP contribution in [0.25, 0.3) is 5.76 Å². The normalized spacial score (nSPS) is 12.9. The van der Waals surface area contributed by atoms with E-state index >= 15 is 0 Å². The molecule has 0 heterocycles. The quantitative estimate of drug-likeness (QED) is 0.263. The number of esters is 1. The molecule has 0 bridgehead atoms. The van der Waals surface area contributed by atoms with Crippen LogP contribution in [0.15, 0.2) is 76.6 Å². The molecule has 4 rings (SSSR count).